The zero-order valence-electron chi connectivity index (χ0n) is 38.2. The lowest BCUT2D eigenvalue weighted by Gasteiger charge is -2.65. The van der Waals surface area contributed by atoms with Gasteiger partial charge in [0.2, 0.25) is 0 Å². The lowest BCUT2D eigenvalue weighted by Crippen LogP contribution is -2.65. The van der Waals surface area contributed by atoms with Crippen LogP contribution in [0.1, 0.15) is 113 Å². The quantitative estimate of drug-likeness (QED) is 0.146. The van der Waals surface area contributed by atoms with Crippen molar-refractivity contribution in [3.05, 3.63) is 0 Å². The Morgan fingerprint density at radius 3 is 1.92 bits per heavy atom. The third kappa shape index (κ3) is 6.94. The van der Waals surface area contributed by atoms with Crippen molar-refractivity contribution in [1.29, 1.82) is 0 Å². The highest BCUT2D eigenvalue weighted by Gasteiger charge is 2.85. The van der Waals surface area contributed by atoms with Crippen LogP contribution in [-0.4, -0.2) is 180 Å². The summed E-state index contributed by atoms with van der Waals surface area (Å²) in [7, 11) is 0. The lowest BCUT2D eigenvalue weighted by molar-refractivity contribution is -0.366. The molecule has 9 rings (SSSR count). The minimum Gasteiger partial charge on any atom is -0.393 e. The third-order valence-corrected chi connectivity index (χ3v) is 19.3. The average molecular weight is 901 g/mol. The van der Waals surface area contributed by atoms with Gasteiger partial charge in [0.1, 0.15) is 54.9 Å². The molecule has 25 atom stereocenters. The maximum absolute atomic E-state index is 12.3. The maximum atomic E-state index is 12.3. The molecule has 9 aliphatic rings. The van der Waals surface area contributed by atoms with Gasteiger partial charge in [-0.1, -0.05) is 27.7 Å². The molecule has 9 fully saturated rings. The van der Waals surface area contributed by atoms with E-state index in [-0.39, 0.29) is 58.7 Å². The first-order valence-corrected chi connectivity index (χ1v) is 23.6. The molecule has 0 unspecified atom stereocenters. The largest absolute Gasteiger partial charge is 0.393 e. The number of rotatable bonds is 8. The van der Waals surface area contributed by atoms with E-state index in [0.29, 0.717) is 25.7 Å². The first kappa shape index (κ1) is 47.4. The van der Waals surface area contributed by atoms with Crippen LogP contribution in [-0.2, 0) is 33.2 Å². The molecule has 2 spiro atoms. The fourth-order valence-electron chi connectivity index (χ4n) is 16.0. The molecule has 0 bridgehead atoms. The van der Waals surface area contributed by atoms with Crippen LogP contribution in [0.2, 0.25) is 0 Å². The van der Waals surface area contributed by atoms with Crippen molar-refractivity contribution >= 4 is 0 Å². The van der Waals surface area contributed by atoms with Crippen LogP contribution in [0.4, 0.5) is 0 Å². The molecule has 0 aromatic heterocycles. The summed E-state index contributed by atoms with van der Waals surface area (Å²) in [5.41, 5.74) is -3.35. The number of hydrogen-bond donors (Lipinski definition) is 10. The average Bonchev–Trinajstić information content (AvgIpc) is 3.57. The van der Waals surface area contributed by atoms with E-state index in [1.165, 1.54) is 6.92 Å². The standard InChI is InChI=1S/C46H76O17/c1-20-28(50)31(53)33(55)38(59-20)62-34-30(52)23(49)18-58-39(34)61-26-10-12-46-19-45(46)14-13-42(6)35(44(8)11-9-27(63-44)41(4,5)56)21(47)16-43(42,7)25(45)15-24(36(46)40(26,2)3)60-37-32(54)29(51)22(48)17-57-37/h20-39,47-56H,9-19H2,1-8H3/t20-,21+,22-,23-,24-,25-,26+,27-,28+,29-,30-,31-,32-,33+,34-,35+,36+,37-,38+,39-,42+,43-,44-,45-,46+/m0/s1. The highest BCUT2D eigenvalue weighted by Crippen LogP contribution is 2.89. The Labute approximate surface area is 370 Å². The molecule has 5 saturated carbocycles. The van der Waals surface area contributed by atoms with Gasteiger partial charge in [-0.3, -0.25) is 0 Å². The van der Waals surface area contributed by atoms with Crippen LogP contribution in [0.5, 0.6) is 0 Å². The third-order valence-electron chi connectivity index (χ3n) is 19.3. The fourth-order valence-corrected chi connectivity index (χ4v) is 16.0. The Hall–Kier alpha value is -0.680. The van der Waals surface area contributed by atoms with E-state index in [4.69, 9.17) is 33.2 Å². The minimum absolute atomic E-state index is 0.0959. The van der Waals surface area contributed by atoms with Crippen LogP contribution in [0.15, 0.2) is 0 Å². The lowest BCUT2D eigenvalue weighted by atomic mass is 9.41. The predicted octanol–water partition coefficient (Wildman–Crippen LogP) is 0.215. The van der Waals surface area contributed by atoms with E-state index >= 15 is 0 Å². The van der Waals surface area contributed by atoms with Gasteiger partial charge < -0.3 is 84.2 Å². The van der Waals surface area contributed by atoms with Crippen LogP contribution in [0.3, 0.4) is 0 Å². The van der Waals surface area contributed by atoms with E-state index < -0.39 is 115 Å². The minimum atomic E-state index is -1.67. The zero-order valence-corrected chi connectivity index (χ0v) is 38.2. The second-order valence-corrected chi connectivity index (χ2v) is 23.4. The number of ether oxygens (including phenoxy) is 7. The maximum Gasteiger partial charge on any atom is 0.187 e. The van der Waals surface area contributed by atoms with E-state index in [1.807, 2.05) is 0 Å². The molecule has 63 heavy (non-hydrogen) atoms. The van der Waals surface area contributed by atoms with Gasteiger partial charge in [0.25, 0.3) is 0 Å². The summed E-state index contributed by atoms with van der Waals surface area (Å²) in [5.74, 6) is -0.264. The van der Waals surface area contributed by atoms with Crippen LogP contribution in [0.25, 0.3) is 0 Å². The number of aliphatic hydroxyl groups is 10. The Bertz CT molecular complexity index is 1700. The van der Waals surface area contributed by atoms with E-state index in [9.17, 15) is 51.1 Å². The van der Waals surface area contributed by atoms with Crippen molar-refractivity contribution in [1.82, 2.24) is 0 Å². The van der Waals surface area contributed by atoms with Gasteiger partial charge >= 0.3 is 0 Å². The zero-order chi connectivity index (χ0) is 45.8. The molecule has 17 nitrogen and oxygen atoms in total. The summed E-state index contributed by atoms with van der Waals surface area (Å²) in [6.45, 7) is 15.6. The van der Waals surface area contributed by atoms with Crippen molar-refractivity contribution in [2.24, 2.45) is 44.8 Å². The molecule has 17 heteroatoms. The van der Waals surface area contributed by atoms with Crippen molar-refractivity contribution < 1.29 is 84.2 Å². The van der Waals surface area contributed by atoms with Gasteiger partial charge in [0.15, 0.2) is 18.9 Å². The molecule has 362 valence electrons. The number of aliphatic hydroxyl groups excluding tert-OH is 9. The Balaban J connectivity index is 1.03. The predicted molar refractivity (Wildman–Crippen MR) is 219 cm³/mol. The van der Waals surface area contributed by atoms with E-state index in [1.54, 1.807) is 13.8 Å². The molecule has 0 aromatic rings. The van der Waals surface area contributed by atoms with Gasteiger partial charge in [0, 0.05) is 5.92 Å². The normalized spacial score (nSPS) is 59.0. The van der Waals surface area contributed by atoms with Crippen molar-refractivity contribution in [3.8, 4) is 0 Å². The summed E-state index contributed by atoms with van der Waals surface area (Å²) in [5, 5.41) is 109. The molecule has 10 N–H and O–H groups in total. The number of fused-ring (bicyclic) bond motifs is 2. The summed E-state index contributed by atoms with van der Waals surface area (Å²) in [6, 6.07) is 0. The molecule has 5 aliphatic carbocycles. The molecule has 0 aromatic carbocycles. The monoisotopic (exact) mass is 901 g/mol. The van der Waals surface area contributed by atoms with E-state index in [0.717, 1.165) is 32.1 Å². The molecular weight excluding hydrogens is 824 g/mol. The SMILES string of the molecule is C[C@@H]1O[C@H](O[C@@H]2[C@H](O[C@@H]3CC[C@]45C[C@]46CC[C@]4(C)[C@H]([C@]7(C)CC[C@@H](C(C)(C)O)O7)[C@H](O)C[C@@]4(C)[C@@H]6C[C@H](O[C@@H]4OC[C@H](O)[C@H](O)[C@@H]4O)[C@@H]5C3(C)C)OC[C@H](O)[C@@H]2O)[C@H](O)[C@@H](O)[C@@H]1O. The van der Waals surface area contributed by atoms with Gasteiger partial charge in [0.05, 0.1) is 54.9 Å². The topological polar surface area (TPSA) is 267 Å². The van der Waals surface area contributed by atoms with Gasteiger partial charge in [-0.05, 0) is 124 Å². The van der Waals surface area contributed by atoms with Crippen molar-refractivity contribution in [2.45, 2.75) is 229 Å². The Morgan fingerprint density at radius 2 is 1.25 bits per heavy atom. The summed E-state index contributed by atoms with van der Waals surface area (Å²) < 4.78 is 44.4. The summed E-state index contributed by atoms with van der Waals surface area (Å²) in [4.78, 5) is 0. The van der Waals surface area contributed by atoms with Crippen LogP contribution >= 0.6 is 0 Å². The highest BCUT2D eigenvalue weighted by molar-refractivity contribution is 5.33. The molecule has 4 aliphatic heterocycles. The first-order valence-electron chi connectivity index (χ1n) is 23.6. The van der Waals surface area contributed by atoms with Crippen molar-refractivity contribution in [2.75, 3.05) is 13.2 Å². The second-order valence-electron chi connectivity index (χ2n) is 23.4. The fraction of sp³-hybridized carbons (Fsp3) is 1.00. The number of hydrogen-bond acceptors (Lipinski definition) is 17. The van der Waals surface area contributed by atoms with Gasteiger partial charge in [-0.25, -0.2) is 0 Å². The highest BCUT2D eigenvalue weighted by atomic mass is 16.8. The molecule has 0 radical (unpaired) electrons. The van der Waals surface area contributed by atoms with Gasteiger partial charge in [-0.2, -0.15) is 0 Å². The van der Waals surface area contributed by atoms with E-state index in [2.05, 4.69) is 34.6 Å². The van der Waals surface area contributed by atoms with Gasteiger partial charge in [-0.15, -0.1) is 0 Å². The summed E-state index contributed by atoms with van der Waals surface area (Å²) >= 11 is 0. The van der Waals surface area contributed by atoms with Crippen molar-refractivity contribution in [3.63, 3.8) is 0 Å². The van der Waals surface area contributed by atoms with Crippen LogP contribution in [0, 0.1) is 44.8 Å². The summed E-state index contributed by atoms with van der Waals surface area (Å²) in [6.07, 6.45) is -13.3. The first-order chi connectivity index (χ1) is 29.3. The molecule has 4 saturated heterocycles. The molecule has 0 amide bonds. The Kier molecular flexibility index (Phi) is 11.8. The van der Waals surface area contributed by atoms with Crippen LogP contribution < -0.4 is 0 Å². The molecule has 4 heterocycles. The Morgan fingerprint density at radius 1 is 0.603 bits per heavy atom. The molecular formula is C46H76O17. The second kappa shape index (κ2) is 15.7. The smallest absolute Gasteiger partial charge is 0.187 e.